The normalized spacial score (nSPS) is 13.2. The van der Waals surface area contributed by atoms with E-state index in [0.29, 0.717) is 30.2 Å². The highest BCUT2D eigenvalue weighted by molar-refractivity contribution is 7.99. The van der Waals surface area contributed by atoms with Gasteiger partial charge < -0.3 is 4.90 Å². The lowest BCUT2D eigenvalue weighted by molar-refractivity contribution is 0.0732. The largest absolute Gasteiger partial charge is 0.333 e. The Morgan fingerprint density at radius 3 is 2.93 bits per heavy atom. The minimum Gasteiger partial charge on any atom is -0.333 e. The predicted molar refractivity (Wildman–Crippen MR) is 116 cm³/mol. The van der Waals surface area contributed by atoms with Gasteiger partial charge >= 0.3 is 0 Å². The van der Waals surface area contributed by atoms with Gasteiger partial charge in [0.1, 0.15) is 0 Å². The minimum absolute atomic E-state index is 0.0551. The first kappa shape index (κ1) is 19.2. The number of aromatic nitrogens is 1. The van der Waals surface area contributed by atoms with Gasteiger partial charge in [0, 0.05) is 28.1 Å². The second-order valence-electron chi connectivity index (χ2n) is 6.26. The third kappa shape index (κ3) is 3.99. The fourth-order valence-electron chi connectivity index (χ4n) is 3.08. The van der Waals surface area contributed by atoms with Crippen molar-refractivity contribution in [1.29, 1.82) is 0 Å². The molecule has 0 saturated heterocycles. The van der Waals surface area contributed by atoms with Crippen molar-refractivity contribution in [1.82, 2.24) is 9.88 Å². The zero-order valence-corrected chi connectivity index (χ0v) is 17.8. The van der Waals surface area contributed by atoms with Crippen LogP contribution in [0.4, 0.5) is 5.13 Å². The standard InChI is InChI=1S/C20H19N3O2S3/c1-2-27-16-6-4-3-5-14(16)19(25)23-9-7-15-17(11-23)28-20(21-15)22-18(24)13-8-10-26-12-13/h3-6,8,10,12H,2,7,9,11H2,1H3,(H,21,22,24). The van der Waals surface area contributed by atoms with Crippen LogP contribution >= 0.6 is 34.4 Å². The fourth-order valence-corrected chi connectivity index (χ4v) is 5.53. The maximum absolute atomic E-state index is 13.1. The Labute approximate surface area is 175 Å². The Balaban J connectivity index is 1.48. The molecule has 1 aliphatic rings. The van der Waals surface area contributed by atoms with Crippen molar-refractivity contribution in [2.45, 2.75) is 24.8 Å². The predicted octanol–water partition coefficient (Wildman–Crippen LogP) is 4.77. The molecule has 0 unspecified atom stereocenters. The number of hydrogen-bond acceptors (Lipinski definition) is 6. The first-order valence-corrected chi connectivity index (χ1v) is 11.7. The quantitative estimate of drug-likeness (QED) is 0.594. The van der Waals surface area contributed by atoms with Crippen molar-refractivity contribution in [2.24, 2.45) is 0 Å². The second-order valence-corrected chi connectivity index (χ2v) is 9.43. The number of nitrogens with zero attached hydrogens (tertiary/aromatic N) is 2. The molecular weight excluding hydrogens is 410 g/mol. The Morgan fingerprint density at radius 1 is 1.29 bits per heavy atom. The van der Waals surface area contributed by atoms with Crippen LogP contribution in [0.2, 0.25) is 0 Å². The molecule has 0 saturated carbocycles. The third-order valence-corrected chi connectivity index (χ3v) is 7.08. The molecule has 0 bridgehead atoms. The number of carbonyl (C=O) groups excluding carboxylic acids is 2. The van der Waals surface area contributed by atoms with Crippen LogP contribution in [0.3, 0.4) is 0 Å². The van der Waals surface area contributed by atoms with Crippen molar-refractivity contribution < 1.29 is 9.59 Å². The Kier molecular flexibility index (Phi) is 5.79. The summed E-state index contributed by atoms with van der Waals surface area (Å²) < 4.78 is 0. The maximum atomic E-state index is 13.1. The molecule has 3 aromatic rings. The van der Waals surface area contributed by atoms with E-state index in [1.54, 1.807) is 17.8 Å². The average Bonchev–Trinajstić information content (AvgIpc) is 3.37. The van der Waals surface area contributed by atoms with E-state index in [2.05, 4.69) is 17.2 Å². The summed E-state index contributed by atoms with van der Waals surface area (Å²) in [5, 5.41) is 7.16. The molecule has 28 heavy (non-hydrogen) atoms. The first-order chi connectivity index (χ1) is 13.7. The lowest BCUT2D eigenvalue weighted by atomic mass is 10.1. The molecule has 2 amide bonds. The number of benzene rings is 1. The molecule has 0 aliphatic carbocycles. The van der Waals surface area contributed by atoms with Crippen molar-refractivity contribution in [2.75, 3.05) is 17.6 Å². The van der Waals surface area contributed by atoms with Crippen LogP contribution in [0.25, 0.3) is 0 Å². The summed E-state index contributed by atoms with van der Waals surface area (Å²) in [4.78, 5) is 33.8. The Hall–Kier alpha value is -2.16. The average molecular weight is 430 g/mol. The third-order valence-electron chi connectivity index (χ3n) is 4.44. The van der Waals surface area contributed by atoms with E-state index in [0.717, 1.165) is 26.8 Å². The van der Waals surface area contributed by atoms with Crippen LogP contribution in [0.15, 0.2) is 46.0 Å². The molecule has 5 nitrogen and oxygen atoms in total. The van der Waals surface area contributed by atoms with E-state index >= 15 is 0 Å². The van der Waals surface area contributed by atoms with Crippen LogP contribution in [-0.2, 0) is 13.0 Å². The van der Waals surface area contributed by atoms with Crippen molar-refractivity contribution in [3.05, 3.63) is 62.8 Å². The molecule has 0 atom stereocenters. The van der Waals surface area contributed by atoms with Crippen molar-refractivity contribution >= 4 is 51.4 Å². The highest BCUT2D eigenvalue weighted by Crippen LogP contribution is 2.31. The second kappa shape index (κ2) is 8.46. The highest BCUT2D eigenvalue weighted by Gasteiger charge is 2.26. The van der Waals surface area contributed by atoms with Gasteiger partial charge in [-0.2, -0.15) is 11.3 Å². The SMILES string of the molecule is CCSc1ccccc1C(=O)N1CCc2nc(NC(=O)c3ccsc3)sc2C1. The lowest BCUT2D eigenvalue weighted by Gasteiger charge is -2.26. The molecule has 2 aromatic heterocycles. The maximum Gasteiger partial charge on any atom is 0.258 e. The number of carbonyl (C=O) groups is 2. The van der Waals surface area contributed by atoms with Crippen LogP contribution in [0.5, 0.6) is 0 Å². The number of rotatable bonds is 5. The van der Waals surface area contributed by atoms with Crippen LogP contribution < -0.4 is 5.32 Å². The summed E-state index contributed by atoms with van der Waals surface area (Å²) in [6.07, 6.45) is 0.703. The van der Waals surface area contributed by atoms with Crippen molar-refractivity contribution in [3.8, 4) is 0 Å². The summed E-state index contributed by atoms with van der Waals surface area (Å²) in [7, 11) is 0. The Morgan fingerprint density at radius 2 is 2.14 bits per heavy atom. The zero-order chi connectivity index (χ0) is 19.5. The van der Waals surface area contributed by atoms with Gasteiger partial charge in [0.25, 0.3) is 11.8 Å². The van der Waals surface area contributed by atoms with Gasteiger partial charge in [-0.25, -0.2) is 4.98 Å². The number of thiophene rings is 1. The highest BCUT2D eigenvalue weighted by atomic mass is 32.2. The molecule has 8 heteroatoms. The van der Waals surface area contributed by atoms with E-state index in [1.165, 1.54) is 22.7 Å². The van der Waals surface area contributed by atoms with Gasteiger partial charge in [-0.3, -0.25) is 14.9 Å². The summed E-state index contributed by atoms with van der Waals surface area (Å²) in [6.45, 7) is 3.26. The van der Waals surface area contributed by atoms with Crippen LogP contribution in [0, 0.1) is 0 Å². The summed E-state index contributed by atoms with van der Waals surface area (Å²) in [5.41, 5.74) is 2.37. The van der Waals surface area contributed by atoms with E-state index in [4.69, 9.17) is 0 Å². The van der Waals surface area contributed by atoms with Gasteiger partial charge in [0.15, 0.2) is 5.13 Å². The summed E-state index contributed by atoms with van der Waals surface area (Å²) in [6, 6.07) is 9.57. The molecular formula is C20H19N3O2S3. The van der Waals surface area contributed by atoms with E-state index < -0.39 is 0 Å². The lowest BCUT2D eigenvalue weighted by Crippen LogP contribution is -2.35. The topological polar surface area (TPSA) is 62.3 Å². The molecule has 1 N–H and O–H groups in total. The van der Waals surface area contributed by atoms with E-state index in [9.17, 15) is 9.59 Å². The van der Waals surface area contributed by atoms with Crippen LogP contribution in [-0.4, -0.2) is 34.0 Å². The zero-order valence-electron chi connectivity index (χ0n) is 15.3. The molecule has 0 spiro atoms. The summed E-state index contributed by atoms with van der Waals surface area (Å²) in [5.74, 6) is 0.835. The molecule has 144 valence electrons. The number of anilines is 1. The minimum atomic E-state index is -0.147. The number of fused-ring (bicyclic) bond motifs is 1. The van der Waals surface area contributed by atoms with Gasteiger partial charge in [0.05, 0.1) is 23.4 Å². The van der Waals surface area contributed by atoms with Gasteiger partial charge in [-0.1, -0.05) is 30.4 Å². The first-order valence-electron chi connectivity index (χ1n) is 8.99. The monoisotopic (exact) mass is 429 g/mol. The van der Waals surface area contributed by atoms with Gasteiger partial charge in [0.2, 0.25) is 0 Å². The molecule has 3 heterocycles. The number of hydrogen-bond donors (Lipinski definition) is 1. The van der Waals surface area contributed by atoms with Gasteiger partial charge in [-0.05, 0) is 29.3 Å². The van der Waals surface area contributed by atoms with Crippen molar-refractivity contribution in [3.63, 3.8) is 0 Å². The van der Waals surface area contributed by atoms with Crippen LogP contribution in [0.1, 0.15) is 38.2 Å². The molecule has 0 radical (unpaired) electrons. The number of amides is 2. The fraction of sp³-hybridized carbons (Fsp3) is 0.250. The Bertz CT molecular complexity index is 998. The summed E-state index contributed by atoms with van der Waals surface area (Å²) >= 11 is 4.63. The van der Waals surface area contributed by atoms with E-state index in [-0.39, 0.29) is 11.8 Å². The number of nitrogens with one attached hydrogen (secondary N) is 1. The number of thioether (sulfide) groups is 1. The molecule has 1 aromatic carbocycles. The van der Waals surface area contributed by atoms with E-state index in [1.807, 2.05) is 39.9 Å². The molecule has 0 fully saturated rings. The number of thiazole rings is 1. The smallest absolute Gasteiger partial charge is 0.258 e. The van der Waals surface area contributed by atoms with Gasteiger partial charge in [-0.15, -0.1) is 11.8 Å². The molecule has 4 rings (SSSR count). The molecule has 1 aliphatic heterocycles.